The molecule has 0 aliphatic heterocycles. The molecule has 0 heterocycles. The Bertz CT molecular complexity index is 387. The minimum absolute atomic E-state index is 0.0420. The summed E-state index contributed by atoms with van der Waals surface area (Å²) in [4.78, 5) is 12.1. The number of carbonyl (C=O) groups excluding carboxylic acids is 1. The van der Waals surface area contributed by atoms with Crippen LogP contribution in [-0.2, 0) is 4.74 Å². The summed E-state index contributed by atoms with van der Waals surface area (Å²) in [5.74, 6) is -1.09. The fraction of sp³-hybridized carbons (Fsp3) is 0.364. The van der Waals surface area contributed by atoms with E-state index in [4.69, 9.17) is 9.84 Å². The molecule has 2 N–H and O–H groups in total. The minimum Gasteiger partial charge on any atom is -0.394 e. The number of halogens is 1. The molecule has 0 saturated heterocycles. The van der Waals surface area contributed by atoms with Gasteiger partial charge in [0.05, 0.1) is 25.4 Å². The van der Waals surface area contributed by atoms with Gasteiger partial charge in [0, 0.05) is 11.4 Å². The molecule has 4 nitrogen and oxygen atoms in total. The average molecular weight is 259 g/mol. The highest BCUT2D eigenvalue weighted by atomic mass is 32.1. The van der Waals surface area contributed by atoms with E-state index in [1.807, 2.05) is 0 Å². The van der Waals surface area contributed by atoms with Crippen molar-refractivity contribution in [3.8, 4) is 0 Å². The Kier molecular flexibility index (Phi) is 5.96. The second kappa shape index (κ2) is 7.26. The normalized spacial score (nSPS) is 10.3. The zero-order valence-corrected chi connectivity index (χ0v) is 10.0. The van der Waals surface area contributed by atoms with Crippen LogP contribution in [0.15, 0.2) is 23.1 Å². The summed E-state index contributed by atoms with van der Waals surface area (Å²) in [5, 5.41) is 11.0. The second-order valence-electron chi connectivity index (χ2n) is 3.26. The van der Waals surface area contributed by atoms with Crippen LogP contribution < -0.4 is 5.32 Å². The number of ether oxygens (including phenoxy) is 1. The van der Waals surface area contributed by atoms with Crippen molar-refractivity contribution in [1.82, 2.24) is 5.32 Å². The average Bonchev–Trinajstić information content (AvgIpc) is 2.32. The van der Waals surface area contributed by atoms with E-state index in [1.165, 1.54) is 18.2 Å². The lowest BCUT2D eigenvalue weighted by atomic mass is 10.2. The van der Waals surface area contributed by atoms with Crippen LogP contribution in [0.5, 0.6) is 0 Å². The number of amides is 1. The number of hydrogen-bond donors (Lipinski definition) is 3. The third-order valence-corrected chi connectivity index (χ3v) is 2.24. The molecule has 0 aromatic heterocycles. The highest BCUT2D eigenvalue weighted by Crippen LogP contribution is 2.13. The van der Waals surface area contributed by atoms with Crippen molar-refractivity contribution in [2.75, 3.05) is 26.4 Å². The highest BCUT2D eigenvalue weighted by molar-refractivity contribution is 7.80. The standard InChI is InChI=1S/C11H14FNO3S/c12-10-2-1-8(17)7-9(10)11(15)13-3-5-16-6-4-14/h1-2,7,14,17H,3-6H2,(H,13,15). The van der Waals surface area contributed by atoms with Gasteiger partial charge in [-0.2, -0.15) is 0 Å². The van der Waals surface area contributed by atoms with Crippen LogP contribution >= 0.6 is 12.6 Å². The molecule has 94 valence electrons. The molecule has 0 atom stereocenters. The van der Waals surface area contributed by atoms with Crippen LogP contribution in [0, 0.1) is 5.82 Å². The second-order valence-corrected chi connectivity index (χ2v) is 3.77. The molecule has 1 aromatic rings. The Labute approximate surface area is 104 Å². The summed E-state index contributed by atoms with van der Waals surface area (Å²) >= 11 is 4.03. The molecule has 0 aliphatic carbocycles. The summed E-state index contributed by atoms with van der Waals surface area (Å²) in [6, 6.07) is 4.03. The zero-order valence-electron chi connectivity index (χ0n) is 9.15. The van der Waals surface area contributed by atoms with E-state index < -0.39 is 11.7 Å². The van der Waals surface area contributed by atoms with Gasteiger partial charge >= 0.3 is 0 Å². The molecule has 17 heavy (non-hydrogen) atoms. The SMILES string of the molecule is O=C(NCCOCCO)c1cc(S)ccc1F. The van der Waals surface area contributed by atoms with Crippen molar-refractivity contribution in [3.63, 3.8) is 0 Å². The lowest BCUT2D eigenvalue weighted by Gasteiger charge is -2.07. The van der Waals surface area contributed by atoms with Crippen LogP contribution in [0.3, 0.4) is 0 Å². The first-order valence-electron chi connectivity index (χ1n) is 5.10. The highest BCUT2D eigenvalue weighted by Gasteiger charge is 2.10. The molecule has 0 unspecified atom stereocenters. The van der Waals surface area contributed by atoms with Crippen LogP contribution in [0.1, 0.15) is 10.4 Å². The number of nitrogens with one attached hydrogen (secondary N) is 1. The van der Waals surface area contributed by atoms with Crippen molar-refractivity contribution in [3.05, 3.63) is 29.6 Å². The van der Waals surface area contributed by atoms with Crippen molar-refractivity contribution < 1.29 is 19.0 Å². The monoisotopic (exact) mass is 259 g/mol. The van der Waals surface area contributed by atoms with Gasteiger partial charge in [-0.25, -0.2) is 4.39 Å². The molecule has 1 amide bonds. The van der Waals surface area contributed by atoms with Crippen LogP contribution in [-0.4, -0.2) is 37.4 Å². The number of aliphatic hydroxyl groups is 1. The molecule has 6 heteroatoms. The number of carbonyl (C=O) groups is 1. The number of hydrogen-bond acceptors (Lipinski definition) is 4. The summed E-state index contributed by atoms with van der Waals surface area (Å²) < 4.78 is 18.2. The first-order valence-corrected chi connectivity index (χ1v) is 5.55. The molecular weight excluding hydrogens is 245 g/mol. The van der Waals surface area contributed by atoms with Gasteiger partial charge in [-0.1, -0.05) is 0 Å². The van der Waals surface area contributed by atoms with Crippen molar-refractivity contribution in [2.45, 2.75) is 4.90 Å². The van der Waals surface area contributed by atoms with Gasteiger partial charge in [0.2, 0.25) is 0 Å². The summed E-state index contributed by atoms with van der Waals surface area (Å²) in [5.41, 5.74) is -0.0420. The number of rotatable bonds is 6. The van der Waals surface area contributed by atoms with Crippen molar-refractivity contribution in [2.24, 2.45) is 0 Å². The van der Waals surface area contributed by atoms with Gasteiger partial charge in [-0.3, -0.25) is 4.79 Å². The molecule has 0 fully saturated rings. The number of aliphatic hydroxyl groups excluding tert-OH is 1. The Morgan fingerprint density at radius 3 is 2.94 bits per heavy atom. The van der Waals surface area contributed by atoms with Gasteiger partial charge < -0.3 is 15.2 Å². The maximum Gasteiger partial charge on any atom is 0.254 e. The van der Waals surface area contributed by atoms with Crippen molar-refractivity contribution >= 4 is 18.5 Å². The van der Waals surface area contributed by atoms with E-state index in [1.54, 1.807) is 0 Å². The smallest absolute Gasteiger partial charge is 0.254 e. The van der Waals surface area contributed by atoms with Crippen molar-refractivity contribution in [1.29, 1.82) is 0 Å². The Morgan fingerprint density at radius 2 is 2.24 bits per heavy atom. The quantitative estimate of drug-likeness (QED) is 0.524. The number of thiol groups is 1. The lowest BCUT2D eigenvalue weighted by molar-refractivity contribution is 0.0835. The molecule has 0 aliphatic rings. The summed E-state index contributed by atoms with van der Waals surface area (Å²) in [6.07, 6.45) is 0. The van der Waals surface area contributed by atoms with Gasteiger partial charge in [0.1, 0.15) is 5.82 Å². The topological polar surface area (TPSA) is 58.6 Å². The predicted molar refractivity (Wildman–Crippen MR) is 63.9 cm³/mol. The Hall–Kier alpha value is -1.11. The van der Waals surface area contributed by atoms with E-state index in [2.05, 4.69) is 17.9 Å². The first kappa shape index (κ1) is 14.0. The molecule has 0 saturated carbocycles. The van der Waals surface area contributed by atoms with Gasteiger partial charge in [0.25, 0.3) is 5.91 Å². The number of benzene rings is 1. The molecule has 0 spiro atoms. The van der Waals surface area contributed by atoms with Gasteiger partial charge in [-0.15, -0.1) is 12.6 Å². The summed E-state index contributed by atoms with van der Waals surface area (Å²) in [7, 11) is 0. The maximum absolute atomic E-state index is 13.3. The van der Waals surface area contributed by atoms with Crippen LogP contribution in [0.25, 0.3) is 0 Å². The minimum atomic E-state index is -0.587. The lowest BCUT2D eigenvalue weighted by Crippen LogP contribution is -2.28. The summed E-state index contributed by atoms with van der Waals surface area (Å²) in [6.45, 7) is 0.685. The largest absolute Gasteiger partial charge is 0.394 e. The first-order chi connectivity index (χ1) is 8.15. The molecule has 0 bridgehead atoms. The van der Waals surface area contributed by atoms with E-state index in [0.717, 1.165) is 0 Å². The maximum atomic E-state index is 13.3. The zero-order chi connectivity index (χ0) is 12.7. The van der Waals surface area contributed by atoms with E-state index in [0.29, 0.717) is 4.90 Å². The third kappa shape index (κ3) is 4.72. The molecule has 1 aromatic carbocycles. The van der Waals surface area contributed by atoms with Gasteiger partial charge in [0.15, 0.2) is 0 Å². The fourth-order valence-corrected chi connectivity index (χ4v) is 1.39. The van der Waals surface area contributed by atoms with Crippen LogP contribution in [0.2, 0.25) is 0 Å². The van der Waals surface area contributed by atoms with E-state index in [9.17, 15) is 9.18 Å². The van der Waals surface area contributed by atoms with Crippen LogP contribution in [0.4, 0.5) is 4.39 Å². The molecule has 0 radical (unpaired) electrons. The van der Waals surface area contributed by atoms with E-state index >= 15 is 0 Å². The van der Waals surface area contributed by atoms with E-state index in [-0.39, 0.29) is 31.9 Å². The van der Waals surface area contributed by atoms with Gasteiger partial charge in [-0.05, 0) is 18.2 Å². The molecule has 1 rings (SSSR count). The Balaban J connectivity index is 2.44. The Morgan fingerprint density at radius 1 is 1.47 bits per heavy atom. The third-order valence-electron chi connectivity index (χ3n) is 1.96. The molecular formula is C11H14FNO3S. The predicted octanol–water partition coefficient (Wildman–Crippen LogP) is 0.853. The fourth-order valence-electron chi connectivity index (χ4n) is 1.19.